The van der Waals surface area contributed by atoms with Gasteiger partial charge in [0.15, 0.2) is 5.82 Å². The van der Waals surface area contributed by atoms with E-state index in [1.165, 1.54) is 0 Å². The van der Waals surface area contributed by atoms with E-state index in [1.54, 1.807) is 24.7 Å². The van der Waals surface area contributed by atoms with E-state index in [0.717, 1.165) is 17.2 Å². The molecule has 0 atom stereocenters. The highest BCUT2D eigenvalue weighted by Gasteiger charge is 2.16. The van der Waals surface area contributed by atoms with Crippen molar-refractivity contribution in [1.82, 2.24) is 14.3 Å². The highest BCUT2D eigenvalue weighted by molar-refractivity contribution is 5.88. The van der Waals surface area contributed by atoms with Crippen molar-refractivity contribution in [1.29, 1.82) is 0 Å². The maximum absolute atomic E-state index is 11.7. The summed E-state index contributed by atoms with van der Waals surface area (Å²) in [6.07, 6.45) is 0. The third-order valence-corrected chi connectivity index (χ3v) is 2.85. The lowest BCUT2D eigenvalue weighted by molar-refractivity contribution is 0.0513. The summed E-state index contributed by atoms with van der Waals surface area (Å²) in [5.41, 5.74) is 2.63. The van der Waals surface area contributed by atoms with Crippen LogP contribution in [0.3, 0.4) is 0 Å². The second-order valence-corrected chi connectivity index (χ2v) is 4.18. The molecular weight excluding hydrogens is 230 g/mol. The Labute approximate surface area is 106 Å². The summed E-state index contributed by atoms with van der Waals surface area (Å²) < 4.78 is 8.54. The maximum Gasteiger partial charge on any atom is 0.356 e. The van der Waals surface area contributed by atoms with Crippen LogP contribution in [0.5, 0.6) is 0 Å². The number of carbonyl (C=O) groups excluding carboxylic acids is 1. The highest BCUT2D eigenvalue weighted by atomic mass is 16.5. The zero-order valence-electron chi connectivity index (χ0n) is 11.1. The standard InChI is InChI=1S/C13H17N3O2/c1-5-18-13(17)11-8-12(14-15(11)4)16-9(2)6-7-10(16)3/h6-8H,5H2,1-4H3. The van der Waals surface area contributed by atoms with Gasteiger partial charge in [-0.05, 0) is 32.9 Å². The van der Waals surface area contributed by atoms with E-state index in [4.69, 9.17) is 4.74 Å². The van der Waals surface area contributed by atoms with Crippen molar-refractivity contribution >= 4 is 5.97 Å². The van der Waals surface area contributed by atoms with Crippen molar-refractivity contribution in [3.8, 4) is 5.82 Å². The van der Waals surface area contributed by atoms with Gasteiger partial charge in [0.25, 0.3) is 0 Å². The molecule has 0 unspecified atom stereocenters. The van der Waals surface area contributed by atoms with E-state index >= 15 is 0 Å². The van der Waals surface area contributed by atoms with Crippen LogP contribution in [0.15, 0.2) is 18.2 Å². The monoisotopic (exact) mass is 247 g/mol. The zero-order valence-corrected chi connectivity index (χ0v) is 11.1. The van der Waals surface area contributed by atoms with Gasteiger partial charge < -0.3 is 9.30 Å². The molecule has 5 nitrogen and oxygen atoms in total. The van der Waals surface area contributed by atoms with Gasteiger partial charge in [0, 0.05) is 24.5 Å². The number of hydrogen-bond acceptors (Lipinski definition) is 3. The van der Waals surface area contributed by atoms with Gasteiger partial charge in [-0.3, -0.25) is 4.68 Å². The van der Waals surface area contributed by atoms with Gasteiger partial charge >= 0.3 is 5.97 Å². The Morgan fingerprint density at radius 2 is 1.94 bits per heavy atom. The third kappa shape index (κ3) is 2.03. The van der Waals surface area contributed by atoms with E-state index in [2.05, 4.69) is 5.10 Å². The predicted molar refractivity (Wildman–Crippen MR) is 68.0 cm³/mol. The first-order valence-corrected chi connectivity index (χ1v) is 5.91. The van der Waals surface area contributed by atoms with Crippen LogP contribution in [-0.2, 0) is 11.8 Å². The van der Waals surface area contributed by atoms with Gasteiger partial charge in [0.05, 0.1) is 6.61 Å². The number of esters is 1. The van der Waals surface area contributed by atoms with E-state index in [0.29, 0.717) is 12.3 Å². The summed E-state index contributed by atoms with van der Waals surface area (Å²) in [5.74, 6) is 0.391. The molecule has 0 saturated heterocycles. The van der Waals surface area contributed by atoms with Gasteiger partial charge in [-0.15, -0.1) is 0 Å². The molecule has 0 spiro atoms. The van der Waals surface area contributed by atoms with Crippen molar-refractivity contribution in [2.45, 2.75) is 20.8 Å². The highest BCUT2D eigenvalue weighted by Crippen LogP contribution is 2.16. The molecule has 0 aliphatic heterocycles. The Morgan fingerprint density at radius 3 is 2.50 bits per heavy atom. The van der Waals surface area contributed by atoms with Crippen molar-refractivity contribution in [2.24, 2.45) is 7.05 Å². The smallest absolute Gasteiger partial charge is 0.356 e. The van der Waals surface area contributed by atoms with Crippen molar-refractivity contribution in [2.75, 3.05) is 6.61 Å². The molecule has 0 N–H and O–H groups in total. The van der Waals surface area contributed by atoms with Crippen LogP contribution >= 0.6 is 0 Å². The number of ether oxygens (including phenoxy) is 1. The SMILES string of the molecule is CCOC(=O)c1cc(-n2c(C)ccc2C)nn1C. The summed E-state index contributed by atoms with van der Waals surface area (Å²) in [4.78, 5) is 11.7. The van der Waals surface area contributed by atoms with Crippen molar-refractivity contribution in [3.05, 3.63) is 35.3 Å². The fourth-order valence-corrected chi connectivity index (χ4v) is 1.99. The lowest BCUT2D eigenvalue weighted by atomic mass is 10.4. The van der Waals surface area contributed by atoms with Crippen molar-refractivity contribution in [3.63, 3.8) is 0 Å². The number of nitrogens with zero attached hydrogens (tertiary/aromatic N) is 3. The molecule has 0 fully saturated rings. The normalized spacial score (nSPS) is 10.7. The lowest BCUT2D eigenvalue weighted by Crippen LogP contribution is -2.10. The van der Waals surface area contributed by atoms with Gasteiger partial charge in [0.1, 0.15) is 5.69 Å². The van der Waals surface area contributed by atoms with Crippen LogP contribution < -0.4 is 0 Å². The molecule has 2 rings (SSSR count). The molecule has 0 aliphatic rings. The van der Waals surface area contributed by atoms with Crippen molar-refractivity contribution < 1.29 is 9.53 Å². The molecule has 0 saturated carbocycles. The minimum Gasteiger partial charge on any atom is -0.461 e. The largest absolute Gasteiger partial charge is 0.461 e. The number of aromatic nitrogens is 3. The Morgan fingerprint density at radius 1 is 1.33 bits per heavy atom. The second-order valence-electron chi connectivity index (χ2n) is 4.18. The quantitative estimate of drug-likeness (QED) is 0.779. The van der Waals surface area contributed by atoms with Gasteiger partial charge in [-0.25, -0.2) is 4.79 Å². The van der Waals surface area contributed by atoms with Crippen LogP contribution in [0, 0.1) is 13.8 Å². The molecule has 5 heteroatoms. The Balaban J connectivity index is 2.43. The number of hydrogen-bond donors (Lipinski definition) is 0. The van der Waals surface area contributed by atoms with Gasteiger partial charge in [-0.1, -0.05) is 0 Å². The first kappa shape index (κ1) is 12.4. The average Bonchev–Trinajstić information content (AvgIpc) is 2.83. The average molecular weight is 247 g/mol. The maximum atomic E-state index is 11.7. The molecule has 0 radical (unpaired) electrons. The fourth-order valence-electron chi connectivity index (χ4n) is 1.99. The first-order chi connectivity index (χ1) is 8.54. The van der Waals surface area contributed by atoms with Crippen LogP contribution in [0.4, 0.5) is 0 Å². The minimum absolute atomic E-state index is 0.346. The van der Waals surface area contributed by atoms with Crippen LogP contribution in [0.25, 0.3) is 5.82 Å². The summed E-state index contributed by atoms with van der Waals surface area (Å²) in [6, 6.07) is 5.79. The molecule has 96 valence electrons. The van der Waals surface area contributed by atoms with E-state index in [1.807, 2.05) is 30.5 Å². The Bertz CT molecular complexity index is 562. The van der Waals surface area contributed by atoms with E-state index in [9.17, 15) is 4.79 Å². The molecule has 2 aromatic heterocycles. The Hall–Kier alpha value is -2.04. The molecule has 0 bridgehead atoms. The Kier molecular flexibility index (Phi) is 3.23. The molecule has 0 aromatic carbocycles. The summed E-state index contributed by atoms with van der Waals surface area (Å²) in [7, 11) is 1.74. The van der Waals surface area contributed by atoms with Crippen LogP contribution in [-0.4, -0.2) is 26.9 Å². The topological polar surface area (TPSA) is 49.1 Å². The van der Waals surface area contributed by atoms with Gasteiger partial charge in [-0.2, -0.15) is 5.10 Å². The molecule has 0 amide bonds. The number of aryl methyl sites for hydroxylation is 3. The molecule has 18 heavy (non-hydrogen) atoms. The number of carbonyl (C=O) groups is 1. The fraction of sp³-hybridized carbons (Fsp3) is 0.385. The second kappa shape index (κ2) is 4.68. The van der Waals surface area contributed by atoms with Gasteiger partial charge in [0.2, 0.25) is 0 Å². The minimum atomic E-state index is -0.346. The molecular formula is C13H17N3O2. The summed E-state index contributed by atoms with van der Waals surface area (Å²) >= 11 is 0. The molecule has 2 aromatic rings. The predicted octanol–water partition coefficient (Wildman–Crippen LogP) is 2.00. The first-order valence-electron chi connectivity index (χ1n) is 5.91. The number of rotatable bonds is 3. The van der Waals surface area contributed by atoms with E-state index < -0.39 is 0 Å². The lowest BCUT2D eigenvalue weighted by Gasteiger charge is -2.03. The summed E-state index contributed by atoms with van der Waals surface area (Å²) in [5, 5.41) is 4.36. The molecule has 2 heterocycles. The summed E-state index contributed by atoms with van der Waals surface area (Å²) in [6.45, 7) is 6.16. The third-order valence-electron chi connectivity index (χ3n) is 2.85. The molecule has 0 aliphatic carbocycles. The zero-order chi connectivity index (χ0) is 13.3. The van der Waals surface area contributed by atoms with E-state index in [-0.39, 0.29) is 5.97 Å². The van der Waals surface area contributed by atoms with Crippen LogP contribution in [0.1, 0.15) is 28.8 Å². The van der Waals surface area contributed by atoms with Crippen LogP contribution in [0.2, 0.25) is 0 Å².